The van der Waals surface area contributed by atoms with Crippen LogP contribution in [0, 0.1) is 5.82 Å². The largest absolute Gasteiger partial charge is 0.481 e. The third kappa shape index (κ3) is 2.52. The molecular formula is C17H17FN6O2. The molecule has 0 bridgehead atoms. The van der Waals surface area contributed by atoms with Gasteiger partial charge in [-0.1, -0.05) is 0 Å². The van der Waals surface area contributed by atoms with E-state index in [9.17, 15) is 9.18 Å². The summed E-state index contributed by atoms with van der Waals surface area (Å²) in [5.74, 6) is -0.265. The Morgan fingerprint density at radius 2 is 2.27 bits per heavy atom. The van der Waals surface area contributed by atoms with Gasteiger partial charge in [-0.25, -0.2) is 18.9 Å². The van der Waals surface area contributed by atoms with Crippen LogP contribution in [0.3, 0.4) is 0 Å². The van der Waals surface area contributed by atoms with Crippen molar-refractivity contribution in [1.82, 2.24) is 19.6 Å². The zero-order chi connectivity index (χ0) is 18.3. The van der Waals surface area contributed by atoms with Gasteiger partial charge in [0.15, 0.2) is 11.5 Å². The fraction of sp³-hybridized carbons (Fsp3) is 0.294. The predicted octanol–water partition coefficient (Wildman–Crippen LogP) is 1.71. The predicted molar refractivity (Wildman–Crippen MR) is 91.6 cm³/mol. The molecule has 0 saturated carbocycles. The molecule has 4 rings (SSSR count). The van der Waals surface area contributed by atoms with Gasteiger partial charge >= 0.3 is 0 Å². The number of carbonyl (C=O) groups excluding carboxylic acids is 1. The number of carbonyl (C=O) groups is 1. The van der Waals surface area contributed by atoms with Crippen LogP contribution >= 0.6 is 0 Å². The highest BCUT2D eigenvalue weighted by Gasteiger charge is 2.34. The molecule has 4 heterocycles. The number of fused-ring (bicyclic) bond motifs is 1. The number of amides is 1. The number of nitrogens with two attached hydrogens (primary N) is 1. The van der Waals surface area contributed by atoms with Crippen molar-refractivity contribution >= 4 is 17.4 Å². The maximum Gasteiger partial charge on any atom is 0.256 e. The molecule has 9 heteroatoms. The number of hydrogen-bond acceptors (Lipinski definition) is 6. The van der Waals surface area contributed by atoms with E-state index >= 15 is 0 Å². The number of pyridine rings is 1. The number of nitrogens with zero attached hydrogens (tertiary/aromatic N) is 5. The van der Waals surface area contributed by atoms with E-state index in [0.29, 0.717) is 29.5 Å². The van der Waals surface area contributed by atoms with Crippen LogP contribution in [0.15, 0.2) is 30.7 Å². The van der Waals surface area contributed by atoms with Crippen LogP contribution in [0.4, 0.5) is 10.2 Å². The lowest BCUT2D eigenvalue weighted by Gasteiger charge is -2.26. The number of methoxy groups -OCH3 is 1. The standard InChI is InChI=1S/C17H17FN6O2/c1-26-17-11(8-10(18)9-21-17)12-4-2-6-23(12)16-13(14(19)25)15-20-5-3-7-24(15)22-16/h3,5,7-9,12H,2,4,6H2,1H3,(H2,19,25). The summed E-state index contributed by atoms with van der Waals surface area (Å²) in [4.78, 5) is 22.2. The topological polar surface area (TPSA) is 98.6 Å². The van der Waals surface area contributed by atoms with Crippen LogP contribution in [0.25, 0.3) is 5.65 Å². The molecule has 3 aromatic rings. The Bertz CT molecular complexity index is 989. The van der Waals surface area contributed by atoms with E-state index in [0.717, 1.165) is 19.0 Å². The zero-order valence-electron chi connectivity index (χ0n) is 14.1. The molecule has 1 unspecified atom stereocenters. The Kier molecular flexibility index (Phi) is 3.90. The molecule has 1 atom stereocenters. The van der Waals surface area contributed by atoms with Crippen molar-refractivity contribution in [2.75, 3.05) is 18.6 Å². The van der Waals surface area contributed by atoms with E-state index in [1.807, 2.05) is 4.90 Å². The van der Waals surface area contributed by atoms with Crippen LogP contribution in [-0.2, 0) is 0 Å². The van der Waals surface area contributed by atoms with Gasteiger partial charge in [-0.2, -0.15) is 0 Å². The second-order valence-corrected chi connectivity index (χ2v) is 6.05. The van der Waals surface area contributed by atoms with Gasteiger partial charge in [-0.3, -0.25) is 4.79 Å². The lowest BCUT2D eigenvalue weighted by Crippen LogP contribution is -2.26. The normalized spacial score (nSPS) is 17.0. The zero-order valence-corrected chi connectivity index (χ0v) is 14.1. The highest BCUT2D eigenvalue weighted by molar-refractivity contribution is 6.03. The summed E-state index contributed by atoms with van der Waals surface area (Å²) in [7, 11) is 1.49. The second kappa shape index (κ2) is 6.25. The van der Waals surface area contributed by atoms with Crippen molar-refractivity contribution in [2.45, 2.75) is 18.9 Å². The first-order valence-electron chi connectivity index (χ1n) is 8.19. The first-order chi connectivity index (χ1) is 12.6. The highest BCUT2D eigenvalue weighted by atomic mass is 19.1. The minimum absolute atomic E-state index is 0.226. The molecule has 1 fully saturated rings. The van der Waals surface area contributed by atoms with Gasteiger partial charge in [0.25, 0.3) is 5.91 Å². The summed E-state index contributed by atoms with van der Waals surface area (Å²) in [5, 5.41) is 4.49. The first kappa shape index (κ1) is 16.2. The van der Waals surface area contributed by atoms with Gasteiger partial charge in [0, 0.05) is 24.5 Å². The number of primary amides is 1. The number of halogens is 1. The Labute approximate surface area is 148 Å². The molecule has 1 saturated heterocycles. The molecule has 1 aliphatic heterocycles. The number of anilines is 1. The van der Waals surface area contributed by atoms with Crippen LogP contribution in [0.2, 0.25) is 0 Å². The Balaban J connectivity index is 1.86. The van der Waals surface area contributed by atoms with Crippen LogP contribution in [0.5, 0.6) is 5.88 Å². The van der Waals surface area contributed by atoms with Crippen molar-refractivity contribution in [3.8, 4) is 5.88 Å². The van der Waals surface area contributed by atoms with E-state index < -0.39 is 11.7 Å². The summed E-state index contributed by atoms with van der Waals surface area (Å²) in [5.41, 5.74) is 6.86. The van der Waals surface area contributed by atoms with Crippen molar-refractivity contribution in [2.24, 2.45) is 5.73 Å². The molecule has 1 amide bonds. The maximum absolute atomic E-state index is 13.8. The summed E-state index contributed by atoms with van der Waals surface area (Å²) in [6.45, 7) is 0.647. The van der Waals surface area contributed by atoms with Gasteiger partial charge in [-0.15, -0.1) is 5.10 Å². The van der Waals surface area contributed by atoms with E-state index in [1.54, 1.807) is 18.5 Å². The van der Waals surface area contributed by atoms with Gasteiger partial charge in [0.2, 0.25) is 5.88 Å². The van der Waals surface area contributed by atoms with Crippen molar-refractivity contribution < 1.29 is 13.9 Å². The monoisotopic (exact) mass is 356 g/mol. The minimum Gasteiger partial charge on any atom is -0.481 e. The van der Waals surface area contributed by atoms with Gasteiger partial charge < -0.3 is 15.4 Å². The third-order valence-corrected chi connectivity index (χ3v) is 4.55. The molecule has 0 aliphatic carbocycles. The smallest absolute Gasteiger partial charge is 0.256 e. The van der Waals surface area contributed by atoms with Crippen LogP contribution in [-0.4, -0.2) is 39.1 Å². The molecule has 134 valence electrons. The molecule has 2 N–H and O–H groups in total. The van der Waals surface area contributed by atoms with Crippen molar-refractivity contribution in [3.05, 3.63) is 47.7 Å². The van der Waals surface area contributed by atoms with E-state index in [1.165, 1.54) is 17.7 Å². The molecule has 26 heavy (non-hydrogen) atoms. The molecule has 3 aromatic heterocycles. The maximum atomic E-state index is 13.8. The SMILES string of the molecule is COc1ncc(F)cc1C1CCCN1c1nn2cccnc2c1C(N)=O. The molecule has 1 aliphatic rings. The highest BCUT2D eigenvalue weighted by Crippen LogP contribution is 2.40. The summed E-state index contributed by atoms with van der Waals surface area (Å²) < 4.78 is 20.6. The van der Waals surface area contributed by atoms with Crippen LogP contribution < -0.4 is 15.4 Å². The van der Waals surface area contributed by atoms with Crippen LogP contribution in [0.1, 0.15) is 34.8 Å². The van der Waals surface area contributed by atoms with Crippen molar-refractivity contribution in [3.63, 3.8) is 0 Å². The minimum atomic E-state index is -0.608. The molecule has 0 aromatic carbocycles. The molecule has 8 nitrogen and oxygen atoms in total. The number of hydrogen-bond donors (Lipinski definition) is 1. The van der Waals surface area contributed by atoms with E-state index in [2.05, 4.69) is 15.1 Å². The average molecular weight is 356 g/mol. The lowest BCUT2D eigenvalue weighted by atomic mass is 10.1. The Morgan fingerprint density at radius 3 is 3.04 bits per heavy atom. The fourth-order valence-electron chi connectivity index (χ4n) is 3.49. The van der Waals surface area contributed by atoms with Crippen molar-refractivity contribution in [1.29, 1.82) is 0 Å². The van der Waals surface area contributed by atoms with E-state index in [4.69, 9.17) is 10.5 Å². The quantitative estimate of drug-likeness (QED) is 0.764. The Hall–Kier alpha value is -3.23. The summed E-state index contributed by atoms with van der Waals surface area (Å²) >= 11 is 0. The van der Waals surface area contributed by atoms with Gasteiger partial charge in [0.1, 0.15) is 11.4 Å². The van der Waals surface area contributed by atoms with Gasteiger partial charge in [-0.05, 0) is 25.0 Å². The lowest BCUT2D eigenvalue weighted by molar-refractivity contribution is 0.100. The molecule has 0 spiro atoms. The Morgan fingerprint density at radius 1 is 1.42 bits per heavy atom. The number of rotatable bonds is 4. The second-order valence-electron chi connectivity index (χ2n) is 6.05. The fourth-order valence-corrected chi connectivity index (χ4v) is 3.49. The van der Waals surface area contributed by atoms with Gasteiger partial charge in [0.05, 0.1) is 19.3 Å². The van der Waals surface area contributed by atoms with E-state index in [-0.39, 0.29) is 11.6 Å². The number of ether oxygens (including phenoxy) is 1. The average Bonchev–Trinajstić information content (AvgIpc) is 3.25. The third-order valence-electron chi connectivity index (χ3n) is 4.55. The molecular weight excluding hydrogens is 339 g/mol. The molecule has 0 radical (unpaired) electrons. The summed E-state index contributed by atoms with van der Waals surface area (Å²) in [6.07, 6.45) is 6.00. The summed E-state index contributed by atoms with van der Waals surface area (Å²) in [6, 6.07) is 2.90. The first-order valence-corrected chi connectivity index (χ1v) is 8.19. The number of aromatic nitrogens is 4.